The van der Waals surface area contributed by atoms with Crippen LogP contribution in [0.1, 0.15) is 35.7 Å². The Morgan fingerprint density at radius 3 is 1.95 bits per heavy atom. The summed E-state index contributed by atoms with van der Waals surface area (Å²) in [6.07, 6.45) is 1.30. The minimum Gasteiger partial charge on any atom is -0.479 e. The fourth-order valence-electron chi connectivity index (χ4n) is 3.83. The van der Waals surface area contributed by atoms with Crippen LogP contribution in [-0.4, -0.2) is 24.6 Å². The van der Waals surface area contributed by atoms with Gasteiger partial charge in [0.2, 0.25) is 0 Å². The van der Waals surface area contributed by atoms with E-state index in [1.54, 1.807) is 24.3 Å². The molecule has 0 aromatic heterocycles. The Morgan fingerprint density at radius 2 is 1.30 bits per heavy atom. The van der Waals surface area contributed by atoms with Crippen LogP contribution in [0.4, 0.5) is 0 Å². The summed E-state index contributed by atoms with van der Waals surface area (Å²) in [6, 6.07) is 34.1. The molecule has 1 unspecified atom stereocenters. The first-order valence-electron chi connectivity index (χ1n) is 12.5. The molecule has 0 bridgehead atoms. The molecule has 5 nitrogen and oxygen atoms in total. The predicted molar refractivity (Wildman–Crippen MR) is 144 cm³/mol. The fraction of sp³-hybridized carbons (Fsp3) is 0.188. The maximum atomic E-state index is 12.7. The minimum atomic E-state index is -0.753. The lowest BCUT2D eigenvalue weighted by Gasteiger charge is -2.17. The largest absolute Gasteiger partial charge is 0.479 e. The molecule has 0 fully saturated rings. The normalized spacial score (nSPS) is 11.4. The number of carbonyl (C=O) groups excluding carboxylic acids is 2. The molecular formula is C32H30O5. The van der Waals surface area contributed by atoms with Gasteiger partial charge in [0.05, 0.1) is 12.2 Å². The molecule has 4 aromatic carbocycles. The highest BCUT2D eigenvalue weighted by Crippen LogP contribution is 2.23. The van der Waals surface area contributed by atoms with E-state index in [4.69, 9.17) is 14.2 Å². The van der Waals surface area contributed by atoms with Gasteiger partial charge in [-0.3, -0.25) is 0 Å². The second kappa shape index (κ2) is 13.1. The van der Waals surface area contributed by atoms with Crippen molar-refractivity contribution in [3.05, 3.63) is 120 Å². The van der Waals surface area contributed by atoms with Gasteiger partial charge in [0, 0.05) is 0 Å². The van der Waals surface area contributed by atoms with E-state index < -0.39 is 18.0 Å². The Kier molecular flexibility index (Phi) is 9.08. The summed E-state index contributed by atoms with van der Waals surface area (Å²) in [4.78, 5) is 25.0. The summed E-state index contributed by atoms with van der Waals surface area (Å²) >= 11 is 0. The fourth-order valence-corrected chi connectivity index (χ4v) is 3.83. The monoisotopic (exact) mass is 494 g/mol. The van der Waals surface area contributed by atoms with Crippen LogP contribution < -0.4 is 9.47 Å². The molecule has 0 aliphatic rings. The van der Waals surface area contributed by atoms with Crippen LogP contribution in [0, 0.1) is 0 Å². The van der Waals surface area contributed by atoms with Gasteiger partial charge >= 0.3 is 11.9 Å². The first kappa shape index (κ1) is 25.7. The summed E-state index contributed by atoms with van der Waals surface area (Å²) in [7, 11) is 0. The quantitative estimate of drug-likeness (QED) is 0.129. The van der Waals surface area contributed by atoms with Gasteiger partial charge in [-0.25, -0.2) is 9.59 Å². The van der Waals surface area contributed by atoms with Crippen LogP contribution in [0.3, 0.4) is 0 Å². The van der Waals surface area contributed by atoms with Gasteiger partial charge in [-0.05, 0) is 72.4 Å². The molecule has 0 amide bonds. The highest BCUT2D eigenvalue weighted by molar-refractivity contribution is 5.89. The minimum absolute atomic E-state index is 0.340. The predicted octanol–water partition coefficient (Wildman–Crippen LogP) is 6.91. The average Bonchev–Trinajstić information content (AvgIpc) is 2.95. The average molecular weight is 495 g/mol. The second-order valence-electron chi connectivity index (χ2n) is 8.58. The summed E-state index contributed by atoms with van der Waals surface area (Å²) < 4.78 is 16.8. The van der Waals surface area contributed by atoms with Crippen molar-refractivity contribution < 1.29 is 23.8 Å². The third-order valence-corrected chi connectivity index (χ3v) is 5.87. The molecule has 4 rings (SSSR count). The van der Waals surface area contributed by atoms with Gasteiger partial charge in [0.1, 0.15) is 11.5 Å². The molecule has 0 spiro atoms. The third kappa shape index (κ3) is 7.55. The lowest BCUT2D eigenvalue weighted by molar-refractivity contribution is -0.142. The molecule has 0 N–H and O–H groups in total. The number of benzene rings is 4. The zero-order valence-electron chi connectivity index (χ0n) is 20.8. The van der Waals surface area contributed by atoms with Crippen LogP contribution in [0.25, 0.3) is 11.1 Å². The maximum absolute atomic E-state index is 12.7. The van der Waals surface area contributed by atoms with Crippen molar-refractivity contribution in [1.29, 1.82) is 0 Å². The summed E-state index contributed by atoms with van der Waals surface area (Å²) in [6.45, 7) is 2.20. The number of ether oxygens (including phenoxy) is 3. The Labute approximate surface area is 217 Å². The van der Waals surface area contributed by atoms with Crippen LogP contribution in [0.5, 0.6) is 11.5 Å². The van der Waals surface area contributed by atoms with Crippen molar-refractivity contribution >= 4 is 11.9 Å². The third-order valence-electron chi connectivity index (χ3n) is 5.87. The van der Waals surface area contributed by atoms with Gasteiger partial charge in [-0.2, -0.15) is 0 Å². The Balaban J connectivity index is 1.25. The van der Waals surface area contributed by atoms with Crippen LogP contribution in [0.2, 0.25) is 0 Å². The van der Waals surface area contributed by atoms with Crippen LogP contribution in [0.15, 0.2) is 109 Å². The highest BCUT2D eigenvalue weighted by atomic mass is 16.6. The number of carbonyl (C=O) groups is 2. The van der Waals surface area contributed by atoms with Crippen molar-refractivity contribution in [2.45, 2.75) is 32.3 Å². The molecule has 0 aliphatic carbocycles. The molecule has 188 valence electrons. The highest BCUT2D eigenvalue weighted by Gasteiger charge is 2.21. The zero-order valence-corrected chi connectivity index (χ0v) is 20.8. The van der Waals surface area contributed by atoms with E-state index in [9.17, 15) is 9.59 Å². The first-order valence-corrected chi connectivity index (χ1v) is 12.5. The lowest BCUT2D eigenvalue weighted by Crippen LogP contribution is -2.30. The van der Waals surface area contributed by atoms with Gasteiger partial charge in [0.25, 0.3) is 0 Å². The molecule has 5 heteroatoms. The maximum Gasteiger partial charge on any atom is 0.352 e. The lowest BCUT2D eigenvalue weighted by atomic mass is 10.1. The number of aryl methyl sites for hydroxylation is 1. The van der Waals surface area contributed by atoms with Crippen molar-refractivity contribution in [2.75, 3.05) is 6.61 Å². The molecule has 0 aliphatic heterocycles. The van der Waals surface area contributed by atoms with E-state index in [1.807, 2.05) is 79.7 Å². The summed E-state index contributed by atoms with van der Waals surface area (Å²) in [5, 5.41) is 0. The van der Waals surface area contributed by atoms with E-state index in [0.29, 0.717) is 30.1 Å². The SMILES string of the molecule is CCC(Oc1ccc(-c2ccccc2)cc1)C(=O)Oc1ccc(C(=O)OCCCc2ccccc2)cc1. The molecule has 1 atom stereocenters. The van der Waals surface area contributed by atoms with Crippen LogP contribution in [-0.2, 0) is 16.0 Å². The van der Waals surface area contributed by atoms with E-state index in [-0.39, 0.29) is 0 Å². The Bertz CT molecular complexity index is 1270. The topological polar surface area (TPSA) is 61.8 Å². The van der Waals surface area contributed by atoms with E-state index in [2.05, 4.69) is 12.1 Å². The number of hydrogen-bond donors (Lipinski definition) is 0. The second-order valence-corrected chi connectivity index (χ2v) is 8.58. The van der Waals surface area contributed by atoms with Crippen molar-refractivity contribution in [3.63, 3.8) is 0 Å². The first-order chi connectivity index (χ1) is 18.1. The van der Waals surface area contributed by atoms with Crippen molar-refractivity contribution in [1.82, 2.24) is 0 Å². The molecule has 0 saturated heterocycles. The summed E-state index contributed by atoms with van der Waals surface area (Å²) in [5.41, 5.74) is 3.79. The zero-order chi connectivity index (χ0) is 25.9. The van der Waals surface area contributed by atoms with Crippen molar-refractivity contribution in [3.8, 4) is 22.6 Å². The number of rotatable bonds is 11. The number of hydrogen-bond acceptors (Lipinski definition) is 5. The van der Waals surface area contributed by atoms with Gasteiger partial charge < -0.3 is 14.2 Å². The van der Waals surface area contributed by atoms with E-state index in [1.165, 1.54) is 5.56 Å². The van der Waals surface area contributed by atoms with Gasteiger partial charge in [-0.15, -0.1) is 0 Å². The number of esters is 2. The molecule has 0 heterocycles. The summed E-state index contributed by atoms with van der Waals surface area (Å²) in [5.74, 6) is 0.0338. The molecular weight excluding hydrogens is 464 g/mol. The Morgan fingerprint density at radius 1 is 0.703 bits per heavy atom. The standard InChI is InChI=1S/C32H30O5/c1-2-30(36-28-19-15-26(16-20-28)25-13-7-4-8-14-25)32(34)37-29-21-17-27(18-22-29)31(33)35-23-9-12-24-10-5-3-6-11-24/h3-8,10-11,13-22,30H,2,9,12,23H2,1H3. The van der Waals surface area contributed by atoms with Crippen LogP contribution >= 0.6 is 0 Å². The van der Waals surface area contributed by atoms with Gasteiger partial charge in [0.15, 0.2) is 6.10 Å². The van der Waals surface area contributed by atoms with Crippen molar-refractivity contribution in [2.24, 2.45) is 0 Å². The smallest absolute Gasteiger partial charge is 0.352 e. The van der Waals surface area contributed by atoms with E-state index in [0.717, 1.165) is 24.0 Å². The molecule has 37 heavy (non-hydrogen) atoms. The molecule has 4 aromatic rings. The molecule has 0 radical (unpaired) electrons. The Hall–Kier alpha value is -4.38. The van der Waals surface area contributed by atoms with Gasteiger partial charge in [-0.1, -0.05) is 79.7 Å². The van der Waals surface area contributed by atoms with E-state index >= 15 is 0 Å². The molecule has 0 saturated carbocycles.